The Morgan fingerprint density at radius 1 is 0.339 bits per heavy atom. The molecule has 59 heavy (non-hydrogen) atoms. The number of hydrogen-bond acceptors (Lipinski definition) is 2. The van der Waals surface area contributed by atoms with E-state index in [1.165, 1.54) is 76.8 Å². The molecule has 2 nitrogen and oxygen atoms in total. The minimum atomic E-state index is -0.184. The summed E-state index contributed by atoms with van der Waals surface area (Å²) in [5, 5.41) is 11.8. The summed E-state index contributed by atoms with van der Waals surface area (Å²) in [6.07, 6.45) is 0. The van der Waals surface area contributed by atoms with Crippen molar-refractivity contribution in [1.82, 2.24) is 0 Å². The lowest BCUT2D eigenvalue weighted by Crippen LogP contribution is -2.15. The zero-order valence-electron chi connectivity index (χ0n) is 32.6. The van der Waals surface area contributed by atoms with Crippen LogP contribution in [0.5, 0.6) is 0 Å². The van der Waals surface area contributed by atoms with E-state index in [0.29, 0.717) is 0 Å². The topological polar surface area (TPSA) is 26.3 Å². The van der Waals surface area contributed by atoms with Gasteiger partial charge in [-0.15, -0.1) is 0 Å². The van der Waals surface area contributed by atoms with E-state index in [1.807, 2.05) is 0 Å². The van der Waals surface area contributed by atoms with Gasteiger partial charge in [0.25, 0.3) is 0 Å². The first kappa shape index (κ1) is 32.6. The van der Waals surface area contributed by atoms with Crippen LogP contribution in [0.4, 0.5) is 0 Å². The van der Waals surface area contributed by atoms with Crippen LogP contribution < -0.4 is 0 Å². The Hall–Kier alpha value is -7.42. The van der Waals surface area contributed by atoms with E-state index in [0.717, 1.165) is 55.0 Å². The number of hydrogen-bond donors (Lipinski definition) is 0. The van der Waals surface area contributed by atoms with Crippen LogP contribution in [0.15, 0.2) is 191 Å². The molecule has 0 amide bonds. The van der Waals surface area contributed by atoms with Gasteiger partial charge in [-0.05, 0) is 113 Å². The highest BCUT2D eigenvalue weighted by atomic mass is 16.3. The van der Waals surface area contributed by atoms with Crippen LogP contribution in [0.2, 0.25) is 0 Å². The lowest BCUT2D eigenvalue weighted by Gasteiger charge is -2.23. The highest BCUT2D eigenvalue weighted by molar-refractivity contribution is 6.28. The van der Waals surface area contributed by atoms with Crippen LogP contribution in [0.3, 0.4) is 0 Å². The molecule has 1 aliphatic rings. The predicted octanol–water partition coefficient (Wildman–Crippen LogP) is 16.3. The molecule has 0 atom stereocenters. The van der Waals surface area contributed by atoms with Gasteiger partial charge in [-0.25, -0.2) is 0 Å². The quantitative estimate of drug-likeness (QED) is 0.168. The molecular weight excluding hydrogens is 717 g/mol. The maximum Gasteiger partial charge on any atom is 0.147 e. The van der Waals surface area contributed by atoms with Crippen molar-refractivity contribution in [2.24, 2.45) is 0 Å². The molecule has 0 bridgehead atoms. The monoisotopic (exact) mass is 752 g/mol. The summed E-state index contributed by atoms with van der Waals surface area (Å²) in [5.41, 5.74) is 15.9. The Kier molecular flexibility index (Phi) is 6.54. The summed E-state index contributed by atoms with van der Waals surface area (Å²) in [4.78, 5) is 0. The summed E-state index contributed by atoms with van der Waals surface area (Å²) < 4.78 is 13.4. The van der Waals surface area contributed by atoms with Crippen molar-refractivity contribution in [3.05, 3.63) is 193 Å². The Balaban J connectivity index is 0.988. The Labute approximate surface area is 340 Å². The molecule has 0 N–H and O–H groups in total. The first-order valence-corrected chi connectivity index (χ1v) is 20.5. The minimum Gasteiger partial charge on any atom is -0.456 e. The van der Waals surface area contributed by atoms with Crippen molar-refractivity contribution in [2.75, 3.05) is 0 Å². The molecule has 2 aromatic heterocycles. The average molecular weight is 753 g/mol. The van der Waals surface area contributed by atoms with Gasteiger partial charge < -0.3 is 8.83 Å². The van der Waals surface area contributed by atoms with Crippen molar-refractivity contribution in [1.29, 1.82) is 0 Å². The third-order valence-corrected chi connectivity index (χ3v) is 13.3. The van der Waals surface area contributed by atoms with Gasteiger partial charge in [-0.3, -0.25) is 0 Å². The van der Waals surface area contributed by atoms with Gasteiger partial charge in [0.2, 0.25) is 0 Å². The van der Waals surface area contributed by atoms with E-state index in [-0.39, 0.29) is 5.41 Å². The van der Waals surface area contributed by atoms with Gasteiger partial charge in [0, 0.05) is 27.1 Å². The summed E-state index contributed by atoms with van der Waals surface area (Å²) in [7, 11) is 0. The lowest BCUT2D eigenvalue weighted by atomic mass is 9.80. The second kappa shape index (κ2) is 11.8. The highest BCUT2D eigenvalue weighted by Crippen LogP contribution is 2.53. The Morgan fingerprint density at radius 3 is 1.71 bits per heavy atom. The van der Waals surface area contributed by atoms with Crippen molar-refractivity contribution in [2.45, 2.75) is 19.3 Å². The second-order valence-electron chi connectivity index (χ2n) is 16.7. The van der Waals surface area contributed by atoms with Crippen LogP contribution in [0, 0.1) is 0 Å². The summed E-state index contributed by atoms with van der Waals surface area (Å²) in [5.74, 6) is 0. The molecule has 2 heterocycles. The zero-order chi connectivity index (χ0) is 39.0. The van der Waals surface area contributed by atoms with Crippen LogP contribution in [0.25, 0.3) is 121 Å². The highest BCUT2D eigenvalue weighted by Gasteiger charge is 2.36. The fraction of sp³-hybridized carbons (Fsp3) is 0.0526. The number of rotatable bonds is 3. The van der Waals surface area contributed by atoms with Crippen molar-refractivity contribution in [3.63, 3.8) is 0 Å². The van der Waals surface area contributed by atoms with E-state index in [4.69, 9.17) is 8.83 Å². The van der Waals surface area contributed by atoms with Gasteiger partial charge in [0.15, 0.2) is 0 Å². The van der Waals surface area contributed by atoms with Crippen LogP contribution >= 0.6 is 0 Å². The first-order valence-electron chi connectivity index (χ1n) is 20.5. The molecule has 0 spiro atoms. The van der Waals surface area contributed by atoms with Gasteiger partial charge in [-0.1, -0.05) is 166 Å². The molecule has 0 aliphatic heterocycles. The van der Waals surface area contributed by atoms with Crippen molar-refractivity contribution < 1.29 is 8.83 Å². The summed E-state index contributed by atoms with van der Waals surface area (Å²) in [6.45, 7) is 4.75. The van der Waals surface area contributed by atoms with Gasteiger partial charge in [0.05, 0.1) is 5.39 Å². The third kappa shape index (κ3) is 4.46. The Morgan fingerprint density at radius 2 is 0.949 bits per heavy atom. The average Bonchev–Trinajstić information content (AvgIpc) is 3.93. The molecule has 276 valence electrons. The normalized spacial score (nSPS) is 13.4. The van der Waals surface area contributed by atoms with Crippen LogP contribution in [-0.2, 0) is 5.41 Å². The molecule has 0 saturated carbocycles. The standard InChI is InChI=1S/C57H36O2/c1-57(2)47-28-24-35(38-21-12-22-44-45-27-30-50-54(56(45)59-55(38)44)53-37-16-7-6-13-33(37)25-29-49(53)58-50)31-46(47)39-26-23-36(32-48(39)57)52-42-19-10-8-17-40(42)51(34-14-4-3-5-15-34)41-18-9-11-20-43(41)52/h3-32H,1-2H3. The molecule has 13 rings (SSSR count). The largest absolute Gasteiger partial charge is 0.456 e. The second-order valence-corrected chi connectivity index (χ2v) is 16.7. The summed E-state index contributed by atoms with van der Waals surface area (Å²) in [6, 6.07) is 66.4. The summed E-state index contributed by atoms with van der Waals surface area (Å²) >= 11 is 0. The SMILES string of the molecule is CC1(C)c2ccc(-c3cccc4c3oc3c4ccc4oc5ccc6ccccc6c5c43)cc2-c2ccc(-c3c4ccccc4c(-c4ccccc4)c4ccccc34)cc21. The van der Waals surface area contributed by atoms with Crippen molar-refractivity contribution in [3.8, 4) is 44.5 Å². The molecule has 0 radical (unpaired) electrons. The molecule has 1 aliphatic carbocycles. The van der Waals surface area contributed by atoms with E-state index in [9.17, 15) is 0 Å². The van der Waals surface area contributed by atoms with E-state index >= 15 is 0 Å². The number of para-hydroxylation sites is 1. The molecule has 10 aromatic carbocycles. The molecule has 0 unspecified atom stereocenters. The van der Waals surface area contributed by atoms with E-state index in [1.54, 1.807) is 0 Å². The zero-order valence-corrected chi connectivity index (χ0v) is 32.6. The smallest absolute Gasteiger partial charge is 0.147 e. The fourth-order valence-corrected chi connectivity index (χ4v) is 10.5. The van der Waals surface area contributed by atoms with Gasteiger partial charge in [0.1, 0.15) is 22.3 Å². The van der Waals surface area contributed by atoms with Gasteiger partial charge >= 0.3 is 0 Å². The van der Waals surface area contributed by atoms with E-state index < -0.39 is 0 Å². The maximum atomic E-state index is 7.01. The molecule has 0 saturated heterocycles. The van der Waals surface area contributed by atoms with E-state index in [2.05, 4.69) is 196 Å². The number of benzene rings is 10. The number of furan rings is 2. The van der Waals surface area contributed by atoms with Crippen LogP contribution in [-0.4, -0.2) is 0 Å². The maximum absolute atomic E-state index is 7.01. The molecular formula is C57H36O2. The molecule has 12 aromatic rings. The fourth-order valence-electron chi connectivity index (χ4n) is 10.5. The lowest BCUT2D eigenvalue weighted by molar-refractivity contribution is 0.660. The molecule has 2 heteroatoms. The number of fused-ring (bicyclic) bond motifs is 14. The third-order valence-electron chi connectivity index (χ3n) is 13.3. The Bertz CT molecular complexity index is 3690. The van der Waals surface area contributed by atoms with Crippen LogP contribution in [0.1, 0.15) is 25.0 Å². The predicted molar refractivity (Wildman–Crippen MR) is 247 cm³/mol. The molecule has 0 fully saturated rings. The minimum absolute atomic E-state index is 0.184. The first-order chi connectivity index (χ1) is 29.0. The van der Waals surface area contributed by atoms with Gasteiger partial charge in [-0.2, -0.15) is 0 Å². The van der Waals surface area contributed by atoms with Crippen molar-refractivity contribution >= 4 is 76.2 Å².